The van der Waals surface area contributed by atoms with Gasteiger partial charge >= 0.3 is 5.97 Å². The van der Waals surface area contributed by atoms with E-state index < -0.39 is 5.97 Å². The molecule has 7 heteroatoms. The molecule has 1 aliphatic heterocycles. The van der Waals surface area contributed by atoms with Crippen LogP contribution in [0, 0.1) is 0 Å². The molecular weight excluding hydrogens is 344 g/mol. The van der Waals surface area contributed by atoms with Gasteiger partial charge in [0.2, 0.25) is 0 Å². The van der Waals surface area contributed by atoms with Crippen molar-refractivity contribution in [3.63, 3.8) is 0 Å². The lowest BCUT2D eigenvalue weighted by Crippen LogP contribution is -2.39. The first kappa shape index (κ1) is 18.8. The summed E-state index contributed by atoms with van der Waals surface area (Å²) in [6.07, 6.45) is 4.65. The molecule has 0 spiro atoms. The molecule has 0 bridgehead atoms. The molecule has 7 nitrogen and oxygen atoms in total. The average molecular weight is 368 g/mol. The molecule has 1 N–H and O–H groups in total. The van der Waals surface area contributed by atoms with Gasteiger partial charge in [-0.2, -0.15) is 0 Å². The van der Waals surface area contributed by atoms with Gasteiger partial charge in [0.25, 0.3) is 5.91 Å². The number of benzene rings is 1. The molecule has 2 aromatic rings. The summed E-state index contributed by atoms with van der Waals surface area (Å²) in [5.74, 6) is 0.0588. The van der Waals surface area contributed by atoms with Crippen LogP contribution in [0.4, 0.5) is 11.5 Å². The molecule has 142 valence electrons. The first-order chi connectivity index (χ1) is 13.1. The molecule has 0 radical (unpaired) electrons. The molecular formula is C20H24N4O3. The van der Waals surface area contributed by atoms with Gasteiger partial charge in [0, 0.05) is 18.3 Å². The number of carbonyl (C=O) groups is 2. The van der Waals surface area contributed by atoms with Crippen LogP contribution in [0.25, 0.3) is 0 Å². The molecule has 1 unspecified atom stereocenters. The Morgan fingerprint density at radius 1 is 1.15 bits per heavy atom. The lowest BCUT2D eigenvalue weighted by atomic mass is 10.0. The van der Waals surface area contributed by atoms with Gasteiger partial charge in [-0.15, -0.1) is 10.2 Å². The first-order valence-electron chi connectivity index (χ1n) is 9.22. The number of aromatic nitrogens is 2. The van der Waals surface area contributed by atoms with Crippen LogP contribution in [-0.4, -0.2) is 41.8 Å². The van der Waals surface area contributed by atoms with Crippen molar-refractivity contribution in [1.29, 1.82) is 0 Å². The summed E-state index contributed by atoms with van der Waals surface area (Å²) in [5.41, 5.74) is 1.24. The van der Waals surface area contributed by atoms with Crippen LogP contribution in [0.1, 0.15) is 53.5 Å². The molecule has 3 rings (SSSR count). The topological polar surface area (TPSA) is 84.4 Å². The van der Waals surface area contributed by atoms with E-state index >= 15 is 0 Å². The number of nitrogens with one attached hydrogen (secondary N) is 1. The van der Waals surface area contributed by atoms with Gasteiger partial charge in [0.1, 0.15) is 0 Å². The van der Waals surface area contributed by atoms with Gasteiger partial charge < -0.3 is 15.0 Å². The molecule has 1 atom stereocenters. The second-order valence-electron chi connectivity index (χ2n) is 6.55. The third-order valence-corrected chi connectivity index (χ3v) is 4.84. The Kier molecular flexibility index (Phi) is 6.01. The number of rotatable bonds is 5. The number of nitrogens with zero attached hydrogens (tertiary/aromatic N) is 3. The van der Waals surface area contributed by atoms with E-state index in [2.05, 4.69) is 32.1 Å². The van der Waals surface area contributed by atoms with E-state index in [4.69, 9.17) is 0 Å². The van der Waals surface area contributed by atoms with Crippen LogP contribution >= 0.6 is 0 Å². The molecule has 1 aromatic carbocycles. The minimum atomic E-state index is -0.419. The van der Waals surface area contributed by atoms with E-state index in [0.29, 0.717) is 17.3 Å². The Labute approximate surface area is 158 Å². The van der Waals surface area contributed by atoms with Crippen molar-refractivity contribution in [1.82, 2.24) is 10.2 Å². The smallest absolute Gasteiger partial charge is 0.337 e. The fraction of sp³-hybridized carbons (Fsp3) is 0.400. The summed E-state index contributed by atoms with van der Waals surface area (Å²) in [4.78, 5) is 26.1. The van der Waals surface area contributed by atoms with Crippen LogP contribution in [-0.2, 0) is 4.74 Å². The number of piperidine rings is 1. The lowest BCUT2D eigenvalue weighted by Gasteiger charge is -2.35. The Balaban J connectivity index is 1.66. The van der Waals surface area contributed by atoms with Gasteiger partial charge in [0.15, 0.2) is 11.5 Å². The van der Waals surface area contributed by atoms with Gasteiger partial charge in [-0.05, 0) is 62.1 Å². The van der Waals surface area contributed by atoms with E-state index in [1.54, 1.807) is 30.3 Å². The zero-order valence-corrected chi connectivity index (χ0v) is 15.6. The Bertz CT molecular complexity index is 790. The molecule has 1 saturated heterocycles. The van der Waals surface area contributed by atoms with Crippen LogP contribution in [0.15, 0.2) is 36.4 Å². The molecule has 1 aromatic heterocycles. The molecule has 27 heavy (non-hydrogen) atoms. The summed E-state index contributed by atoms with van der Waals surface area (Å²) in [6.45, 7) is 3.16. The Hall–Kier alpha value is -2.96. The van der Waals surface area contributed by atoms with E-state index in [9.17, 15) is 9.59 Å². The van der Waals surface area contributed by atoms with Gasteiger partial charge in [0.05, 0.1) is 12.7 Å². The minimum Gasteiger partial charge on any atom is -0.465 e. The minimum absolute atomic E-state index is 0.251. The fourth-order valence-electron chi connectivity index (χ4n) is 3.33. The first-order valence-corrected chi connectivity index (χ1v) is 9.22. The van der Waals surface area contributed by atoms with Crippen molar-refractivity contribution in [2.24, 2.45) is 0 Å². The number of amides is 1. The molecule has 0 aliphatic carbocycles. The lowest BCUT2D eigenvalue weighted by molar-refractivity contribution is 0.0600. The Morgan fingerprint density at radius 3 is 2.56 bits per heavy atom. The highest BCUT2D eigenvalue weighted by Gasteiger charge is 2.22. The zero-order chi connectivity index (χ0) is 19.2. The summed E-state index contributed by atoms with van der Waals surface area (Å²) in [7, 11) is 1.33. The largest absolute Gasteiger partial charge is 0.465 e. The SMILES string of the molecule is CCC1CCCCN1c1ccc(C(=O)Nc2ccc(C(=O)OC)cc2)nn1. The predicted molar refractivity (Wildman–Crippen MR) is 103 cm³/mol. The number of esters is 1. The number of ether oxygens (including phenoxy) is 1. The fourth-order valence-corrected chi connectivity index (χ4v) is 3.33. The van der Waals surface area contributed by atoms with Gasteiger partial charge in [-0.3, -0.25) is 4.79 Å². The number of methoxy groups -OCH3 is 1. The van der Waals surface area contributed by atoms with Crippen molar-refractivity contribution >= 4 is 23.4 Å². The summed E-state index contributed by atoms with van der Waals surface area (Å²) in [5, 5.41) is 11.1. The highest BCUT2D eigenvalue weighted by Crippen LogP contribution is 2.24. The van der Waals surface area contributed by atoms with Crippen LogP contribution < -0.4 is 10.2 Å². The highest BCUT2D eigenvalue weighted by atomic mass is 16.5. The maximum atomic E-state index is 12.4. The third kappa shape index (κ3) is 4.42. The van der Waals surface area contributed by atoms with Crippen LogP contribution in [0.5, 0.6) is 0 Å². The normalized spacial score (nSPS) is 16.7. The van der Waals surface area contributed by atoms with E-state index in [-0.39, 0.29) is 11.6 Å². The number of hydrogen-bond donors (Lipinski definition) is 1. The van der Waals surface area contributed by atoms with Crippen LogP contribution in [0.3, 0.4) is 0 Å². The summed E-state index contributed by atoms with van der Waals surface area (Å²) < 4.78 is 4.65. The van der Waals surface area contributed by atoms with Crippen molar-refractivity contribution in [2.45, 2.75) is 38.6 Å². The van der Waals surface area contributed by atoms with Gasteiger partial charge in [-0.25, -0.2) is 4.79 Å². The summed E-state index contributed by atoms with van der Waals surface area (Å²) >= 11 is 0. The van der Waals surface area contributed by atoms with E-state index in [1.165, 1.54) is 20.0 Å². The maximum Gasteiger partial charge on any atom is 0.337 e. The molecule has 1 aliphatic rings. The van der Waals surface area contributed by atoms with Crippen LogP contribution in [0.2, 0.25) is 0 Å². The predicted octanol–water partition coefficient (Wildman–Crippen LogP) is 3.28. The quantitative estimate of drug-likeness (QED) is 0.815. The Morgan fingerprint density at radius 2 is 1.93 bits per heavy atom. The zero-order valence-electron chi connectivity index (χ0n) is 15.6. The van der Waals surface area contributed by atoms with E-state index in [1.807, 2.05) is 6.07 Å². The van der Waals surface area contributed by atoms with Crippen molar-refractivity contribution in [2.75, 3.05) is 23.9 Å². The van der Waals surface area contributed by atoms with Gasteiger partial charge in [-0.1, -0.05) is 6.92 Å². The molecule has 0 saturated carbocycles. The monoisotopic (exact) mass is 368 g/mol. The van der Waals surface area contributed by atoms with Crippen molar-refractivity contribution in [3.8, 4) is 0 Å². The standard InChI is InChI=1S/C20H24N4O3/c1-3-16-6-4-5-13-24(16)18-12-11-17(22-23-18)19(25)21-15-9-7-14(8-10-15)20(26)27-2/h7-12,16H,3-6,13H2,1-2H3,(H,21,25). The van der Waals surface area contributed by atoms with Crippen molar-refractivity contribution < 1.29 is 14.3 Å². The number of carbonyl (C=O) groups excluding carboxylic acids is 2. The van der Waals surface area contributed by atoms with Crippen molar-refractivity contribution in [3.05, 3.63) is 47.7 Å². The average Bonchev–Trinajstić information content (AvgIpc) is 2.73. The molecule has 1 fully saturated rings. The molecule has 1 amide bonds. The number of hydrogen-bond acceptors (Lipinski definition) is 6. The highest BCUT2D eigenvalue weighted by molar-refractivity contribution is 6.03. The number of anilines is 2. The van der Waals surface area contributed by atoms with E-state index in [0.717, 1.165) is 25.2 Å². The maximum absolute atomic E-state index is 12.4. The second kappa shape index (κ2) is 8.62. The summed E-state index contributed by atoms with van der Waals surface area (Å²) in [6, 6.07) is 10.5. The molecule has 2 heterocycles. The second-order valence-corrected chi connectivity index (χ2v) is 6.55. The third-order valence-electron chi connectivity index (χ3n) is 4.84.